The molecule has 0 aromatic carbocycles. The van der Waals surface area contributed by atoms with Crippen LogP contribution in [-0.4, -0.2) is 18.4 Å². The summed E-state index contributed by atoms with van der Waals surface area (Å²) in [6, 6.07) is 6.44. The molecule has 2 aromatic heterocycles. The van der Waals surface area contributed by atoms with E-state index in [9.17, 15) is 8.42 Å². The highest BCUT2D eigenvalue weighted by molar-refractivity contribution is 7.89. The Morgan fingerprint density at radius 1 is 1.21 bits per heavy atom. The van der Waals surface area contributed by atoms with E-state index < -0.39 is 10.0 Å². The number of anilines is 1. The molecule has 0 saturated carbocycles. The second-order valence-electron chi connectivity index (χ2n) is 3.71. The normalized spacial score (nSPS) is 11.2. The molecule has 4 N–H and O–H groups in total. The van der Waals surface area contributed by atoms with Crippen LogP contribution in [0.3, 0.4) is 0 Å². The predicted octanol–water partition coefficient (Wildman–Crippen LogP) is 0.241. The molecule has 0 fully saturated rings. The van der Waals surface area contributed by atoms with Gasteiger partial charge in [0.05, 0.1) is 0 Å². The van der Waals surface area contributed by atoms with E-state index in [0.717, 1.165) is 5.56 Å². The van der Waals surface area contributed by atoms with Crippen LogP contribution in [0.2, 0.25) is 0 Å². The Morgan fingerprint density at radius 2 is 2.05 bits per heavy atom. The molecule has 7 nitrogen and oxygen atoms in total. The second-order valence-corrected chi connectivity index (χ2v) is 5.48. The van der Waals surface area contributed by atoms with Crippen molar-refractivity contribution in [2.45, 2.75) is 11.4 Å². The quantitative estimate of drug-likeness (QED) is 0.534. The number of nitrogens with one attached hydrogen (secondary N) is 2. The van der Waals surface area contributed by atoms with Crippen LogP contribution >= 0.6 is 0 Å². The van der Waals surface area contributed by atoms with Crippen LogP contribution in [0.15, 0.2) is 47.8 Å². The number of nitrogens with two attached hydrogens (primary N) is 1. The zero-order valence-electron chi connectivity index (χ0n) is 9.95. The molecule has 0 radical (unpaired) electrons. The van der Waals surface area contributed by atoms with Crippen LogP contribution in [0.25, 0.3) is 0 Å². The van der Waals surface area contributed by atoms with E-state index in [0.29, 0.717) is 5.82 Å². The summed E-state index contributed by atoms with van der Waals surface area (Å²) in [6.07, 6.45) is 4.46. The van der Waals surface area contributed by atoms with Crippen molar-refractivity contribution in [1.29, 1.82) is 0 Å². The summed E-state index contributed by atoms with van der Waals surface area (Å²) in [7, 11) is -3.59. The molecule has 0 aliphatic heterocycles. The molecular formula is C11H13N5O2S. The highest BCUT2D eigenvalue weighted by Gasteiger charge is 2.13. The molecule has 0 bridgehead atoms. The highest BCUT2D eigenvalue weighted by Crippen LogP contribution is 2.10. The zero-order valence-corrected chi connectivity index (χ0v) is 10.8. The number of nitrogens with zero attached hydrogens (tertiary/aromatic N) is 2. The summed E-state index contributed by atoms with van der Waals surface area (Å²) < 4.78 is 26.4. The van der Waals surface area contributed by atoms with E-state index >= 15 is 0 Å². The predicted molar refractivity (Wildman–Crippen MR) is 70.3 cm³/mol. The smallest absolute Gasteiger partial charge is 0.242 e. The van der Waals surface area contributed by atoms with Gasteiger partial charge in [0.15, 0.2) is 0 Å². The number of sulfonamides is 1. The van der Waals surface area contributed by atoms with Gasteiger partial charge in [-0.15, -0.1) is 0 Å². The first kappa shape index (κ1) is 13.4. The van der Waals surface area contributed by atoms with Crippen LogP contribution in [0.5, 0.6) is 0 Å². The molecule has 2 rings (SSSR count). The number of pyridine rings is 2. The first-order valence-corrected chi connectivity index (χ1v) is 6.91. The number of hydrogen-bond donors (Lipinski definition) is 3. The molecule has 2 aromatic rings. The summed E-state index contributed by atoms with van der Waals surface area (Å²) in [4.78, 5) is 7.84. The van der Waals surface area contributed by atoms with Crippen LogP contribution in [0.1, 0.15) is 5.56 Å². The fourth-order valence-corrected chi connectivity index (χ4v) is 2.35. The van der Waals surface area contributed by atoms with Crippen LogP contribution < -0.4 is 16.0 Å². The topological polar surface area (TPSA) is 110 Å². The fourth-order valence-electron chi connectivity index (χ4n) is 1.39. The third-order valence-corrected chi connectivity index (χ3v) is 3.77. The number of rotatable bonds is 5. The van der Waals surface area contributed by atoms with Crippen molar-refractivity contribution in [2.75, 3.05) is 5.43 Å². The van der Waals surface area contributed by atoms with Gasteiger partial charge in [0, 0.05) is 25.1 Å². The van der Waals surface area contributed by atoms with Crippen molar-refractivity contribution in [3.8, 4) is 0 Å². The Kier molecular flexibility index (Phi) is 4.05. The Labute approximate surface area is 110 Å². The summed E-state index contributed by atoms with van der Waals surface area (Å²) >= 11 is 0. The van der Waals surface area contributed by atoms with E-state index in [1.54, 1.807) is 24.5 Å². The monoisotopic (exact) mass is 279 g/mol. The third kappa shape index (κ3) is 3.47. The lowest BCUT2D eigenvalue weighted by Gasteiger charge is -2.07. The SMILES string of the molecule is NNc1ccc(S(=O)(=O)NCc2cccnc2)cn1. The minimum absolute atomic E-state index is 0.0791. The Hall–Kier alpha value is -2.03. The van der Waals surface area contributed by atoms with Crippen LogP contribution in [0, 0.1) is 0 Å². The van der Waals surface area contributed by atoms with Crippen molar-refractivity contribution in [1.82, 2.24) is 14.7 Å². The molecule has 19 heavy (non-hydrogen) atoms. The average Bonchev–Trinajstić information content (AvgIpc) is 2.46. The largest absolute Gasteiger partial charge is 0.308 e. The van der Waals surface area contributed by atoms with E-state index in [2.05, 4.69) is 20.1 Å². The molecule has 0 amide bonds. The van der Waals surface area contributed by atoms with Crippen molar-refractivity contribution in [3.63, 3.8) is 0 Å². The van der Waals surface area contributed by atoms with Gasteiger partial charge in [-0.2, -0.15) is 0 Å². The van der Waals surface area contributed by atoms with Crippen molar-refractivity contribution in [2.24, 2.45) is 5.84 Å². The maximum absolute atomic E-state index is 12.0. The van der Waals surface area contributed by atoms with Gasteiger partial charge in [0.1, 0.15) is 10.7 Å². The molecule has 2 heterocycles. The third-order valence-electron chi connectivity index (χ3n) is 2.38. The summed E-state index contributed by atoms with van der Waals surface area (Å²) in [5.41, 5.74) is 3.11. The number of hydrazine groups is 1. The van der Waals surface area contributed by atoms with Gasteiger partial charge in [-0.25, -0.2) is 24.0 Å². The first-order valence-electron chi connectivity index (χ1n) is 5.43. The molecule has 0 saturated heterocycles. The maximum Gasteiger partial charge on any atom is 0.242 e. The Balaban J connectivity index is 2.09. The van der Waals surface area contributed by atoms with Gasteiger partial charge >= 0.3 is 0 Å². The van der Waals surface area contributed by atoms with Gasteiger partial charge in [0.25, 0.3) is 0 Å². The molecular weight excluding hydrogens is 266 g/mol. The van der Waals surface area contributed by atoms with Crippen LogP contribution in [0.4, 0.5) is 5.82 Å². The number of nitrogen functional groups attached to an aromatic ring is 1. The second kappa shape index (κ2) is 5.74. The zero-order chi connectivity index (χ0) is 13.7. The molecule has 0 unspecified atom stereocenters. The van der Waals surface area contributed by atoms with Crippen molar-refractivity contribution >= 4 is 15.8 Å². The summed E-state index contributed by atoms with van der Waals surface area (Å²) in [5, 5.41) is 0. The average molecular weight is 279 g/mol. The van der Waals surface area contributed by atoms with Gasteiger partial charge in [-0.05, 0) is 23.8 Å². The molecule has 0 aliphatic carbocycles. The minimum Gasteiger partial charge on any atom is -0.308 e. The van der Waals surface area contributed by atoms with Crippen molar-refractivity contribution in [3.05, 3.63) is 48.4 Å². The van der Waals surface area contributed by atoms with Gasteiger partial charge < -0.3 is 5.43 Å². The van der Waals surface area contributed by atoms with Gasteiger partial charge in [-0.3, -0.25) is 4.98 Å². The van der Waals surface area contributed by atoms with E-state index in [4.69, 9.17) is 5.84 Å². The Morgan fingerprint density at radius 3 is 2.63 bits per heavy atom. The molecule has 0 spiro atoms. The molecule has 0 aliphatic rings. The first-order chi connectivity index (χ1) is 9.12. The van der Waals surface area contributed by atoms with E-state index in [-0.39, 0.29) is 11.4 Å². The number of aromatic nitrogens is 2. The lowest BCUT2D eigenvalue weighted by atomic mass is 10.3. The summed E-state index contributed by atoms with van der Waals surface area (Å²) in [6.45, 7) is 0.174. The Bertz CT molecular complexity index is 628. The minimum atomic E-state index is -3.59. The standard InChI is InChI=1S/C11H13N5O2S/c12-16-11-4-3-10(8-14-11)19(17,18)15-7-9-2-1-5-13-6-9/h1-6,8,15H,7,12H2,(H,14,16). The van der Waals surface area contributed by atoms with E-state index in [1.165, 1.54) is 18.3 Å². The lowest BCUT2D eigenvalue weighted by molar-refractivity contribution is 0.581. The molecule has 0 atom stereocenters. The fraction of sp³-hybridized carbons (Fsp3) is 0.0909. The van der Waals surface area contributed by atoms with Gasteiger partial charge in [0.2, 0.25) is 10.0 Å². The molecule has 8 heteroatoms. The maximum atomic E-state index is 12.0. The molecule has 100 valence electrons. The number of hydrogen-bond acceptors (Lipinski definition) is 6. The highest BCUT2D eigenvalue weighted by atomic mass is 32.2. The lowest BCUT2D eigenvalue weighted by Crippen LogP contribution is -2.23. The van der Waals surface area contributed by atoms with E-state index in [1.807, 2.05) is 0 Å². The van der Waals surface area contributed by atoms with Crippen molar-refractivity contribution < 1.29 is 8.42 Å². The van der Waals surface area contributed by atoms with Gasteiger partial charge in [-0.1, -0.05) is 6.07 Å². The van der Waals surface area contributed by atoms with Crippen LogP contribution in [-0.2, 0) is 16.6 Å². The summed E-state index contributed by atoms with van der Waals surface area (Å²) in [5.74, 6) is 5.55.